The number of piperazine rings is 1. The lowest BCUT2D eigenvalue weighted by Gasteiger charge is -2.34. The summed E-state index contributed by atoms with van der Waals surface area (Å²) in [6.45, 7) is 12.5. The normalized spacial score (nSPS) is 15.2. The first kappa shape index (κ1) is 23.4. The van der Waals surface area contributed by atoms with E-state index in [-0.39, 0.29) is 35.4 Å². The molecule has 1 fully saturated rings. The van der Waals surface area contributed by atoms with Crippen molar-refractivity contribution in [3.8, 4) is 0 Å². The van der Waals surface area contributed by atoms with Crippen molar-refractivity contribution in [3.05, 3.63) is 18.5 Å². The molecule has 2 rings (SSSR count). The first-order valence-corrected chi connectivity index (χ1v) is 9.25. The zero-order valence-electron chi connectivity index (χ0n) is 16.7. The zero-order chi connectivity index (χ0) is 19.0. The fraction of sp³-hybridized carbons (Fsp3) is 0.667. The largest absolute Gasteiger partial charge is 0.357 e. The fourth-order valence-electron chi connectivity index (χ4n) is 2.69. The molecule has 0 spiro atoms. The van der Waals surface area contributed by atoms with Crippen molar-refractivity contribution in [1.82, 2.24) is 25.5 Å². The fourth-order valence-corrected chi connectivity index (χ4v) is 2.69. The zero-order valence-corrected chi connectivity index (χ0v) is 19.1. The lowest BCUT2D eigenvalue weighted by Crippen LogP contribution is -2.49. The van der Waals surface area contributed by atoms with E-state index in [9.17, 15) is 4.79 Å². The molecule has 1 amide bonds. The van der Waals surface area contributed by atoms with Gasteiger partial charge in [0.05, 0.1) is 6.54 Å². The average molecular weight is 489 g/mol. The number of nitrogens with zero attached hydrogens (tertiary/aromatic N) is 5. The van der Waals surface area contributed by atoms with Gasteiger partial charge in [-0.3, -0.25) is 9.79 Å². The van der Waals surface area contributed by atoms with Gasteiger partial charge in [0.2, 0.25) is 11.9 Å². The van der Waals surface area contributed by atoms with Crippen molar-refractivity contribution in [1.29, 1.82) is 0 Å². The number of hydrogen-bond donors (Lipinski definition) is 2. The number of halogens is 1. The van der Waals surface area contributed by atoms with E-state index in [1.54, 1.807) is 18.5 Å². The van der Waals surface area contributed by atoms with Crippen molar-refractivity contribution in [3.63, 3.8) is 0 Å². The first-order valence-electron chi connectivity index (χ1n) is 9.25. The molecule has 1 saturated heterocycles. The van der Waals surface area contributed by atoms with Gasteiger partial charge >= 0.3 is 0 Å². The van der Waals surface area contributed by atoms with Crippen molar-refractivity contribution >= 4 is 41.8 Å². The average Bonchev–Trinajstić information content (AvgIpc) is 2.61. The summed E-state index contributed by atoms with van der Waals surface area (Å²) in [7, 11) is 0. The maximum atomic E-state index is 12.4. The topological polar surface area (TPSA) is 85.8 Å². The van der Waals surface area contributed by atoms with Crippen LogP contribution in [0, 0.1) is 0 Å². The van der Waals surface area contributed by atoms with E-state index in [1.807, 2.05) is 11.8 Å². The lowest BCUT2D eigenvalue weighted by atomic mass is 10.1. The number of amides is 1. The molecule has 1 aliphatic heterocycles. The van der Waals surface area contributed by atoms with Crippen LogP contribution in [-0.2, 0) is 4.79 Å². The number of guanidine groups is 1. The van der Waals surface area contributed by atoms with Gasteiger partial charge in [-0.1, -0.05) is 0 Å². The van der Waals surface area contributed by atoms with E-state index < -0.39 is 0 Å². The van der Waals surface area contributed by atoms with Crippen molar-refractivity contribution in [2.24, 2.45) is 4.99 Å². The van der Waals surface area contributed by atoms with Crippen LogP contribution in [0.4, 0.5) is 5.95 Å². The molecule has 0 radical (unpaired) electrons. The molecule has 9 heteroatoms. The Morgan fingerprint density at radius 3 is 2.37 bits per heavy atom. The summed E-state index contributed by atoms with van der Waals surface area (Å²) in [4.78, 5) is 29.5. The Kier molecular flexibility index (Phi) is 9.75. The van der Waals surface area contributed by atoms with E-state index in [4.69, 9.17) is 0 Å². The number of aromatic nitrogens is 2. The molecule has 0 aliphatic carbocycles. The second-order valence-corrected chi connectivity index (χ2v) is 7.30. The van der Waals surface area contributed by atoms with Gasteiger partial charge in [-0.25, -0.2) is 9.97 Å². The molecular weight excluding hydrogens is 457 g/mol. The Balaban J connectivity index is 0.00000364. The summed E-state index contributed by atoms with van der Waals surface area (Å²) < 4.78 is 0. The summed E-state index contributed by atoms with van der Waals surface area (Å²) in [5.41, 5.74) is -0.0686. The molecule has 2 heterocycles. The van der Waals surface area contributed by atoms with Crippen LogP contribution < -0.4 is 15.5 Å². The molecule has 2 N–H and O–H groups in total. The molecule has 0 unspecified atom stereocenters. The Morgan fingerprint density at radius 2 is 1.81 bits per heavy atom. The number of nitrogens with one attached hydrogen (secondary N) is 2. The second kappa shape index (κ2) is 11.3. The van der Waals surface area contributed by atoms with Crippen LogP contribution in [0.5, 0.6) is 0 Å². The summed E-state index contributed by atoms with van der Waals surface area (Å²) >= 11 is 0. The monoisotopic (exact) mass is 489 g/mol. The number of carbonyl (C=O) groups is 1. The highest BCUT2D eigenvalue weighted by Gasteiger charge is 2.22. The molecule has 0 saturated carbocycles. The van der Waals surface area contributed by atoms with Crippen LogP contribution in [0.15, 0.2) is 23.5 Å². The minimum atomic E-state index is -0.0686. The molecule has 1 aliphatic rings. The molecule has 27 heavy (non-hydrogen) atoms. The van der Waals surface area contributed by atoms with Crippen LogP contribution in [0.1, 0.15) is 34.1 Å². The second-order valence-electron chi connectivity index (χ2n) is 7.30. The summed E-state index contributed by atoms with van der Waals surface area (Å²) in [6, 6.07) is 1.81. The van der Waals surface area contributed by atoms with E-state index in [2.05, 4.69) is 51.3 Å². The third-order valence-corrected chi connectivity index (χ3v) is 3.90. The van der Waals surface area contributed by atoms with E-state index in [1.165, 1.54) is 0 Å². The standard InChI is InChI=1S/C18H31N7O.HI/c1-5-19-16(23-18(2,3)4)20-10-7-15(26)24-11-13-25(14-12-24)17-21-8-6-9-22-17;/h6,8-9H,5,7,10-14H2,1-4H3,(H2,19,20,23);1H. The minimum Gasteiger partial charge on any atom is -0.357 e. The smallest absolute Gasteiger partial charge is 0.225 e. The number of anilines is 1. The van der Waals surface area contributed by atoms with Crippen molar-refractivity contribution < 1.29 is 4.79 Å². The maximum Gasteiger partial charge on any atom is 0.225 e. The number of carbonyl (C=O) groups excluding carboxylic acids is 1. The highest BCUT2D eigenvalue weighted by atomic mass is 127. The van der Waals surface area contributed by atoms with Gasteiger partial charge < -0.3 is 20.4 Å². The molecular formula is C18H32IN7O. The van der Waals surface area contributed by atoms with Gasteiger partial charge in [-0.05, 0) is 33.8 Å². The molecule has 152 valence electrons. The molecule has 8 nitrogen and oxygen atoms in total. The number of aliphatic imine (C=N–C) groups is 1. The minimum absolute atomic E-state index is 0. The van der Waals surface area contributed by atoms with Gasteiger partial charge in [0, 0.05) is 57.1 Å². The Labute approximate surface area is 179 Å². The van der Waals surface area contributed by atoms with Crippen molar-refractivity contribution in [2.75, 3.05) is 44.2 Å². The van der Waals surface area contributed by atoms with Gasteiger partial charge in [0.25, 0.3) is 0 Å². The quantitative estimate of drug-likeness (QED) is 0.371. The lowest BCUT2D eigenvalue weighted by molar-refractivity contribution is -0.131. The van der Waals surface area contributed by atoms with Crippen LogP contribution in [0.3, 0.4) is 0 Å². The summed E-state index contributed by atoms with van der Waals surface area (Å²) in [5.74, 6) is 1.63. The number of rotatable bonds is 5. The van der Waals surface area contributed by atoms with Crippen LogP contribution in [0.2, 0.25) is 0 Å². The van der Waals surface area contributed by atoms with E-state index in [0.717, 1.165) is 31.5 Å². The summed E-state index contributed by atoms with van der Waals surface area (Å²) in [6.07, 6.45) is 3.90. The molecule has 0 aromatic carbocycles. The van der Waals surface area contributed by atoms with Crippen LogP contribution in [-0.4, -0.2) is 71.5 Å². The highest BCUT2D eigenvalue weighted by molar-refractivity contribution is 14.0. The van der Waals surface area contributed by atoms with Gasteiger partial charge in [0.15, 0.2) is 5.96 Å². The maximum absolute atomic E-state index is 12.4. The third kappa shape index (κ3) is 8.27. The molecule has 1 aromatic heterocycles. The van der Waals surface area contributed by atoms with E-state index in [0.29, 0.717) is 26.1 Å². The van der Waals surface area contributed by atoms with Gasteiger partial charge in [0.1, 0.15) is 0 Å². The predicted molar refractivity (Wildman–Crippen MR) is 120 cm³/mol. The Hall–Kier alpha value is -1.65. The van der Waals surface area contributed by atoms with Crippen LogP contribution in [0.25, 0.3) is 0 Å². The van der Waals surface area contributed by atoms with Gasteiger partial charge in [-0.15, -0.1) is 24.0 Å². The molecule has 0 atom stereocenters. The van der Waals surface area contributed by atoms with Gasteiger partial charge in [-0.2, -0.15) is 0 Å². The highest BCUT2D eigenvalue weighted by Crippen LogP contribution is 2.10. The van der Waals surface area contributed by atoms with E-state index >= 15 is 0 Å². The molecule has 1 aromatic rings. The predicted octanol–water partition coefficient (Wildman–Crippen LogP) is 1.49. The number of hydrogen-bond acceptors (Lipinski definition) is 5. The molecule has 0 bridgehead atoms. The Morgan fingerprint density at radius 1 is 1.19 bits per heavy atom. The third-order valence-electron chi connectivity index (χ3n) is 3.90. The van der Waals surface area contributed by atoms with Crippen LogP contribution >= 0.6 is 24.0 Å². The first-order chi connectivity index (χ1) is 12.4. The van der Waals surface area contributed by atoms with Crippen molar-refractivity contribution in [2.45, 2.75) is 39.7 Å². The Bertz CT molecular complexity index is 595. The SMILES string of the molecule is CCNC(=NCCC(=O)N1CCN(c2ncccn2)CC1)NC(C)(C)C.I. The summed E-state index contributed by atoms with van der Waals surface area (Å²) in [5, 5.41) is 6.54.